The van der Waals surface area contributed by atoms with Gasteiger partial charge in [0.25, 0.3) is 10.2 Å². The quantitative estimate of drug-likeness (QED) is 0.862. The van der Waals surface area contributed by atoms with E-state index in [2.05, 4.69) is 0 Å². The highest BCUT2D eigenvalue weighted by Gasteiger charge is 2.42. The lowest BCUT2D eigenvalue weighted by Crippen LogP contribution is -2.54. The second-order valence-corrected chi connectivity index (χ2v) is 8.94. The van der Waals surface area contributed by atoms with Gasteiger partial charge in [0.15, 0.2) is 0 Å². The number of hydrogen-bond donors (Lipinski definition) is 1. The Hall–Kier alpha value is -0.170. The topological polar surface area (TPSA) is 60.9 Å². The molecule has 1 saturated carbocycles. The Bertz CT molecular complexity index is 450. The summed E-state index contributed by atoms with van der Waals surface area (Å²) in [5.74, 6) is 0. The maximum atomic E-state index is 12.9. The van der Waals surface area contributed by atoms with Gasteiger partial charge < -0.3 is 5.11 Å². The maximum absolute atomic E-state index is 12.9. The van der Waals surface area contributed by atoms with Crippen LogP contribution in [0.25, 0.3) is 0 Å². The van der Waals surface area contributed by atoms with Crippen LogP contribution in [0.3, 0.4) is 0 Å². The minimum atomic E-state index is -3.39. The molecule has 1 atom stereocenters. The van der Waals surface area contributed by atoms with Gasteiger partial charge >= 0.3 is 0 Å². The van der Waals surface area contributed by atoms with Crippen LogP contribution in [0.15, 0.2) is 0 Å². The molecule has 2 saturated heterocycles. The third-order valence-corrected chi connectivity index (χ3v) is 7.94. The molecule has 3 aliphatic rings. The zero-order valence-corrected chi connectivity index (χ0v) is 13.7. The predicted molar refractivity (Wildman–Crippen MR) is 82.1 cm³/mol. The Morgan fingerprint density at radius 1 is 0.952 bits per heavy atom. The summed E-state index contributed by atoms with van der Waals surface area (Å²) in [7, 11) is -3.39. The van der Waals surface area contributed by atoms with E-state index in [1.807, 2.05) is 0 Å². The molecule has 1 aliphatic carbocycles. The summed E-state index contributed by atoms with van der Waals surface area (Å²) in [6, 6.07) is -0.217. The first kappa shape index (κ1) is 15.7. The van der Waals surface area contributed by atoms with Gasteiger partial charge in [-0.1, -0.05) is 19.3 Å². The molecule has 0 aromatic carbocycles. The molecule has 6 heteroatoms. The summed E-state index contributed by atoms with van der Waals surface area (Å²) >= 11 is 0. The highest BCUT2D eigenvalue weighted by molar-refractivity contribution is 7.86. The molecule has 122 valence electrons. The van der Waals surface area contributed by atoms with Crippen molar-refractivity contribution in [2.24, 2.45) is 5.41 Å². The average Bonchev–Trinajstić information content (AvgIpc) is 2.96. The first-order valence-corrected chi connectivity index (χ1v) is 9.85. The molecular formula is C15H28N2O3S. The first-order valence-electron chi connectivity index (χ1n) is 8.45. The second kappa shape index (κ2) is 6.14. The van der Waals surface area contributed by atoms with Crippen molar-refractivity contribution >= 4 is 10.2 Å². The number of nitrogens with zero attached hydrogens (tertiary/aromatic N) is 2. The molecule has 0 radical (unpaired) electrons. The molecular weight excluding hydrogens is 288 g/mol. The molecule has 0 amide bonds. The fourth-order valence-corrected chi connectivity index (χ4v) is 6.27. The van der Waals surface area contributed by atoms with Crippen molar-refractivity contribution in [1.82, 2.24) is 8.61 Å². The monoisotopic (exact) mass is 316 g/mol. The lowest BCUT2D eigenvalue weighted by atomic mass is 9.78. The molecule has 1 N–H and O–H groups in total. The van der Waals surface area contributed by atoms with Gasteiger partial charge in [0, 0.05) is 25.7 Å². The van der Waals surface area contributed by atoms with Gasteiger partial charge in [0.05, 0.1) is 6.61 Å². The average molecular weight is 316 g/mol. The molecule has 1 unspecified atom stereocenters. The largest absolute Gasteiger partial charge is 0.395 e. The Balaban J connectivity index is 1.68. The summed E-state index contributed by atoms with van der Waals surface area (Å²) in [4.78, 5) is 0. The smallest absolute Gasteiger partial charge is 0.282 e. The summed E-state index contributed by atoms with van der Waals surface area (Å²) in [6.07, 6.45) is 9.93. The number of aliphatic hydroxyl groups is 1. The van der Waals surface area contributed by atoms with Crippen molar-refractivity contribution in [3.63, 3.8) is 0 Å². The van der Waals surface area contributed by atoms with E-state index in [1.165, 1.54) is 25.7 Å². The normalized spacial score (nSPS) is 31.8. The molecule has 0 aromatic heterocycles. The standard InChI is InChI=1S/C15H28N2O3S/c18-13-14-5-1-4-10-17(14)21(19,20)16-11-8-15(9-12-16)6-2-3-7-15/h14,18H,1-13H2. The molecule has 1 spiro atoms. The van der Waals surface area contributed by atoms with Crippen molar-refractivity contribution in [1.29, 1.82) is 0 Å². The van der Waals surface area contributed by atoms with E-state index in [-0.39, 0.29) is 12.6 Å². The van der Waals surface area contributed by atoms with Gasteiger partial charge in [-0.05, 0) is 43.9 Å². The van der Waals surface area contributed by atoms with Crippen LogP contribution in [0.5, 0.6) is 0 Å². The summed E-state index contributed by atoms with van der Waals surface area (Å²) < 4.78 is 28.9. The van der Waals surface area contributed by atoms with Gasteiger partial charge in [-0.25, -0.2) is 0 Å². The number of hydrogen-bond acceptors (Lipinski definition) is 3. The lowest BCUT2D eigenvalue weighted by Gasteiger charge is -2.42. The molecule has 21 heavy (non-hydrogen) atoms. The number of piperidine rings is 2. The summed E-state index contributed by atoms with van der Waals surface area (Å²) in [5.41, 5.74) is 0.435. The highest BCUT2D eigenvalue weighted by atomic mass is 32.2. The van der Waals surface area contributed by atoms with Gasteiger partial charge in [-0.2, -0.15) is 17.0 Å². The predicted octanol–water partition coefficient (Wildman–Crippen LogP) is 1.73. The van der Waals surface area contributed by atoms with E-state index >= 15 is 0 Å². The van der Waals surface area contributed by atoms with Crippen molar-refractivity contribution in [2.75, 3.05) is 26.2 Å². The number of rotatable bonds is 3. The van der Waals surface area contributed by atoms with Crippen molar-refractivity contribution in [3.05, 3.63) is 0 Å². The van der Waals surface area contributed by atoms with E-state index in [0.29, 0.717) is 25.0 Å². The van der Waals surface area contributed by atoms with Crippen LogP contribution in [0.1, 0.15) is 57.8 Å². The van der Waals surface area contributed by atoms with E-state index in [4.69, 9.17) is 0 Å². The minimum absolute atomic E-state index is 0.0585. The minimum Gasteiger partial charge on any atom is -0.395 e. The van der Waals surface area contributed by atoms with Crippen LogP contribution in [-0.4, -0.2) is 54.4 Å². The molecule has 2 aliphatic heterocycles. The third kappa shape index (κ3) is 3.00. The summed E-state index contributed by atoms with van der Waals surface area (Å²) in [5, 5.41) is 9.47. The fraction of sp³-hybridized carbons (Fsp3) is 1.00. The molecule has 3 rings (SSSR count). The zero-order valence-electron chi connectivity index (χ0n) is 12.8. The Kier molecular flexibility index (Phi) is 4.60. The van der Waals surface area contributed by atoms with E-state index in [9.17, 15) is 13.5 Å². The SMILES string of the molecule is O=S(=O)(N1CCC2(CCCC2)CC1)N1CCCCC1CO. The van der Waals surface area contributed by atoms with Crippen LogP contribution in [-0.2, 0) is 10.2 Å². The number of aliphatic hydroxyl groups excluding tert-OH is 1. The Morgan fingerprint density at radius 3 is 2.24 bits per heavy atom. The van der Waals surface area contributed by atoms with Gasteiger partial charge in [-0.3, -0.25) is 0 Å². The van der Waals surface area contributed by atoms with Gasteiger partial charge in [-0.15, -0.1) is 0 Å². The van der Waals surface area contributed by atoms with Crippen molar-refractivity contribution in [2.45, 2.75) is 63.8 Å². The van der Waals surface area contributed by atoms with Crippen molar-refractivity contribution in [3.8, 4) is 0 Å². The van der Waals surface area contributed by atoms with Crippen LogP contribution >= 0.6 is 0 Å². The van der Waals surface area contributed by atoms with Gasteiger partial charge in [0.2, 0.25) is 0 Å². The maximum Gasteiger partial charge on any atom is 0.282 e. The fourth-order valence-electron chi connectivity index (χ4n) is 4.42. The summed E-state index contributed by atoms with van der Waals surface area (Å²) in [6.45, 7) is 1.83. The van der Waals surface area contributed by atoms with Crippen LogP contribution in [0.2, 0.25) is 0 Å². The van der Waals surface area contributed by atoms with Crippen LogP contribution < -0.4 is 0 Å². The van der Waals surface area contributed by atoms with E-state index in [1.54, 1.807) is 8.61 Å². The Morgan fingerprint density at radius 2 is 1.62 bits per heavy atom. The first-order chi connectivity index (χ1) is 10.1. The Labute approximate surface area is 128 Å². The highest BCUT2D eigenvalue weighted by Crippen LogP contribution is 2.46. The molecule has 0 aromatic rings. The van der Waals surface area contributed by atoms with Gasteiger partial charge in [0.1, 0.15) is 0 Å². The van der Waals surface area contributed by atoms with E-state index < -0.39 is 10.2 Å². The van der Waals surface area contributed by atoms with Crippen LogP contribution in [0.4, 0.5) is 0 Å². The van der Waals surface area contributed by atoms with E-state index in [0.717, 1.165) is 32.1 Å². The van der Waals surface area contributed by atoms with Crippen LogP contribution in [0, 0.1) is 5.41 Å². The third-order valence-electron chi connectivity index (χ3n) is 5.85. The zero-order chi connectivity index (χ0) is 14.9. The molecule has 5 nitrogen and oxygen atoms in total. The second-order valence-electron chi connectivity index (χ2n) is 7.06. The molecule has 2 heterocycles. The lowest BCUT2D eigenvalue weighted by molar-refractivity contribution is 0.128. The molecule has 3 fully saturated rings. The molecule has 0 bridgehead atoms. The van der Waals surface area contributed by atoms with Crippen molar-refractivity contribution < 1.29 is 13.5 Å².